The summed E-state index contributed by atoms with van der Waals surface area (Å²) >= 11 is 0. The van der Waals surface area contributed by atoms with Crippen LogP contribution in [0, 0.1) is 0 Å². The summed E-state index contributed by atoms with van der Waals surface area (Å²) in [7, 11) is -3.59. The van der Waals surface area contributed by atoms with E-state index in [2.05, 4.69) is 0 Å². The molecule has 3 atom stereocenters. The molecule has 25 heavy (non-hydrogen) atoms. The number of amides is 1. The Bertz CT molecular complexity index is 826. The van der Waals surface area contributed by atoms with Crippen molar-refractivity contribution in [3.8, 4) is 0 Å². The van der Waals surface area contributed by atoms with Gasteiger partial charge in [0.25, 0.3) is 0 Å². The lowest BCUT2D eigenvalue weighted by Gasteiger charge is -2.34. The van der Waals surface area contributed by atoms with Gasteiger partial charge in [-0.1, -0.05) is 0 Å². The summed E-state index contributed by atoms with van der Waals surface area (Å²) < 4.78 is 33.6. The minimum absolute atomic E-state index is 0.0825. The maximum atomic E-state index is 13.2. The topological polar surface area (TPSA) is 66.9 Å². The number of carbonyl (C=O) groups is 1. The van der Waals surface area contributed by atoms with Crippen LogP contribution in [0.3, 0.4) is 0 Å². The Hall–Kier alpha value is -1.44. The zero-order valence-electron chi connectivity index (χ0n) is 14.9. The Morgan fingerprint density at radius 1 is 1.12 bits per heavy atom. The third-order valence-electron chi connectivity index (χ3n) is 5.42. The van der Waals surface area contributed by atoms with Crippen LogP contribution < -0.4 is 4.90 Å². The molecule has 1 saturated heterocycles. The molecule has 3 aliphatic heterocycles. The molecule has 0 saturated carbocycles. The zero-order valence-corrected chi connectivity index (χ0v) is 15.7. The van der Waals surface area contributed by atoms with E-state index in [1.807, 2.05) is 25.7 Å². The second kappa shape index (κ2) is 5.79. The second-order valence-electron chi connectivity index (χ2n) is 7.41. The molecule has 1 amide bonds. The minimum Gasteiger partial charge on any atom is -0.373 e. The van der Waals surface area contributed by atoms with Crippen LogP contribution in [0.25, 0.3) is 0 Å². The first-order chi connectivity index (χ1) is 11.8. The first-order valence-electron chi connectivity index (χ1n) is 8.93. The highest BCUT2D eigenvalue weighted by atomic mass is 32.2. The van der Waals surface area contributed by atoms with Crippen molar-refractivity contribution >= 4 is 21.6 Å². The van der Waals surface area contributed by atoms with Crippen molar-refractivity contribution in [2.24, 2.45) is 0 Å². The molecule has 0 bridgehead atoms. The summed E-state index contributed by atoms with van der Waals surface area (Å²) in [6.45, 7) is 7.10. The number of nitrogens with zero attached hydrogens (tertiary/aromatic N) is 2. The molecular weight excluding hydrogens is 340 g/mol. The van der Waals surface area contributed by atoms with Crippen LogP contribution in [0.4, 0.5) is 5.69 Å². The number of aryl methyl sites for hydroxylation is 1. The van der Waals surface area contributed by atoms with Crippen molar-refractivity contribution < 1.29 is 17.9 Å². The monoisotopic (exact) mass is 364 g/mol. The molecular formula is C18H24N2O4S. The molecule has 0 aliphatic carbocycles. The van der Waals surface area contributed by atoms with Crippen molar-refractivity contribution in [2.75, 3.05) is 24.5 Å². The van der Waals surface area contributed by atoms with Gasteiger partial charge < -0.3 is 9.64 Å². The molecule has 0 aromatic heterocycles. The quantitative estimate of drug-likeness (QED) is 0.804. The SMILES string of the molecule is C[C@@H]1CN(S(=O)(=O)c2cc3c4c(c2)[C@@H](C)C(=O)N4CCC3)C[C@@H](C)O1. The van der Waals surface area contributed by atoms with Gasteiger partial charge in [-0.15, -0.1) is 0 Å². The van der Waals surface area contributed by atoms with Crippen molar-refractivity contribution in [3.63, 3.8) is 0 Å². The lowest BCUT2D eigenvalue weighted by atomic mass is 9.97. The Morgan fingerprint density at radius 2 is 1.80 bits per heavy atom. The van der Waals surface area contributed by atoms with Gasteiger partial charge in [0.05, 0.1) is 28.7 Å². The van der Waals surface area contributed by atoms with Crippen LogP contribution in [0.15, 0.2) is 17.0 Å². The molecule has 3 heterocycles. The Balaban J connectivity index is 1.78. The molecule has 1 aromatic carbocycles. The lowest BCUT2D eigenvalue weighted by molar-refractivity contribution is -0.119. The van der Waals surface area contributed by atoms with Gasteiger partial charge in [-0.25, -0.2) is 8.42 Å². The average Bonchev–Trinajstić information content (AvgIpc) is 2.81. The van der Waals surface area contributed by atoms with Gasteiger partial charge in [0.1, 0.15) is 0 Å². The van der Waals surface area contributed by atoms with Crippen LogP contribution in [0.5, 0.6) is 0 Å². The van der Waals surface area contributed by atoms with E-state index < -0.39 is 10.0 Å². The molecule has 0 unspecified atom stereocenters. The van der Waals surface area contributed by atoms with Crippen molar-refractivity contribution in [1.82, 2.24) is 4.31 Å². The summed E-state index contributed by atoms with van der Waals surface area (Å²) in [6.07, 6.45) is 1.45. The number of morpholine rings is 1. The molecule has 0 radical (unpaired) electrons. The number of sulfonamides is 1. The van der Waals surface area contributed by atoms with Crippen LogP contribution in [-0.2, 0) is 26.0 Å². The van der Waals surface area contributed by atoms with E-state index in [0.717, 1.165) is 36.2 Å². The molecule has 1 aromatic rings. The van der Waals surface area contributed by atoms with Crippen LogP contribution in [0.2, 0.25) is 0 Å². The normalized spacial score (nSPS) is 29.8. The maximum Gasteiger partial charge on any atom is 0.243 e. The first-order valence-corrected chi connectivity index (χ1v) is 10.4. The Morgan fingerprint density at radius 3 is 2.48 bits per heavy atom. The number of carbonyl (C=O) groups excluding carboxylic acids is 1. The number of anilines is 1. The summed E-state index contributed by atoms with van der Waals surface area (Å²) in [5, 5.41) is 0. The fourth-order valence-corrected chi connectivity index (χ4v) is 5.97. The number of ether oxygens (including phenoxy) is 1. The maximum absolute atomic E-state index is 13.2. The smallest absolute Gasteiger partial charge is 0.243 e. The van der Waals surface area contributed by atoms with E-state index in [-0.39, 0.29) is 24.0 Å². The average molecular weight is 364 g/mol. The zero-order chi connectivity index (χ0) is 17.9. The highest BCUT2D eigenvalue weighted by Gasteiger charge is 2.40. The standard InChI is InChI=1S/C18H24N2O4S/c1-11-9-19(10-12(2)24-11)25(22,23)15-7-14-5-4-6-20-17(14)16(8-15)13(3)18(20)21/h7-8,11-13H,4-6,9-10H2,1-3H3/t11-,12-,13-/m1/s1. The fourth-order valence-electron chi connectivity index (χ4n) is 4.29. The predicted molar refractivity (Wildman–Crippen MR) is 94.3 cm³/mol. The van der Waals surface area contributed by atoms with Gasteiger partial charge in [-0.2, -0.15) is 4.31 Å². The van der Waals surface area contributed by atoms with E-state index in [9.17, 15) is 13.2 Å². The fraction of sp³-hybridized carbons (Fsp3) is 0.611. The molecule has 0 N–H and O–H groups in total. The minimum atomic E-state index is -3.59. The summed E-state index contributed by atoms with van der Waals surface area (Å²) in [5.41, 5.74) is 2.79. The van der Waals surface area contributed by atoms with Crippen LogP contribution in [-0.4, -0.2) is 50.5 Å². The molecule has 4 rings (SSSR count). The number of rotatable bonds is 2. The van der Waals surface area contributed by atoms with Crippen molar-refractivity contribution in [1.29, 1.82) is 0 Å². The van der Waals surface area contributed by atoms with Gasteiger partial charge in [0.15, 0.2) is 0 Å². The van der Waals surface area contributed by atoms with E-state index >= 15 is 0 Å². The first kappa shape index (κ1) is 17.0. The highest BCUT2D eigenvalue weighted by molar-refractivity contribution is 7.89. The van der Waals surface area contributed by atoms with Gasteiger partial charge in [-0.3, -0.25) is 4.79 Å². The van der Waals surface area contributed by atoms with Gasteiger partial charge in [-0.05, 0) is 56.9 Å². The van der Waals surface area contributed by atoms with Gasteiger partial charge in [0, 0.05) is 19.6 Å². The second-order valence-corrected chi connectivity index (χ2v) is 9.35. The molecule has 3 aliphatic rings. The van der Waals surface area contributed by atoms with Gasteiger partial charge in [0.2, 0.25) is 15.9 Å². The number of hydrogen-bond donors (Lipinski definition) is 0. The van der Waals surface area contributed by atoms with E-state index in [1.54, 1.807) is 12.1 Å². The number of hydrogen-bond acceptors (Lipinski definition) is 4. The van der Waals surface area contributed by atoms with Gasteiger partial charge >= 0.3 is 0 Å². The van der Waals surface area contributed by atoms with Crippen LogP contribution >= 0.6 is 0 Å². The van der Waals surface area contributed by atoms with E-state index in [0.29, 0.717) is 18.0 Å². The largest absolute Gasteiger partial charge is 0.373 e. The van der Waals surface area contributed by atoms with Crippen molar-refractivity contribution in [2.45, 2.75) is 56.6 Å². The third kappa shape index (κ3) is 2.60. The Kier molecular flexibility index (Phi) is 3.94. The molecule has 0 spiro atoms. The summed E-state index contributed by atoms with van der Waals surface area (Å²) in [4.78, 5) is 14.6. The molecule has 7 heteroatoms. The Labute approximate surface area is 148 Å². The summed E-state index contributed by atoms with van der Waals surface area (Å²) in [6, 6.07) is 3.49. The molecule has 6 nitrogen and oxygen atoms in total. The van der Waals surface area contributed by atoms with Crippen molar-refractivity contribution in [3.05, 3.63) is 23.3 Å². The van der Waals surface area contributed by atoms with E-state index in [4.69, 9.17) is 4.74 Å². The highest BCUT2D eigenvalue weighted by Crippen LogP contribution is 2.44. The van der Waals surface area contributed by atoms with Crippen LogP contribution in [0.1, 0.15) is 44.2 Å². The van der Waals surface area contributed by atoms with E-state index in [1.165, 1.54) is 4.31 Å². The number of benzene rings is 1. The summed E-state index contributed by atoms with van der Waals surface area (Å²) in [5.74, 6) is -0.191. The molecule has 136 valence electrons. The predicted octanol–water partition coefficient (Wildman–Crippen LogP) is 1.88. The molecule has 1 fully saturated rings. The third-order valence-corrected chi connectivity index (χ3v) is 7.23. The lowest BCUT2D eigenvalue weighted by Crippen LogP contribution is -2.48.